The van der Waals surface area contributed by atoms with Gasteiger partial charge in [0.15, 0.2) is 0 Å². The fourth-order valence-electron chi connectivity index (χ4n) is 2.72. The molecule has 1 aromatic carbocycles. The molecule has 1 aliphatic heterocycles. The van der Waals surface area contributed by atoms with Crippen molar-refractivity contribution in [3.63, 3.8) is 0 Å². The number of hydrogen-bond donors (Lipinski definition) is 1. The van der Waals surface area contributed by atoms with Crippen LogP contribution in [0.3, 0.4) is 0 Å². The molecule has 1 heterocycles. The Morgan fingerprint density at radius 1 is 1.21 bits per heavy atom. The van der Waals surface area contributed by atoms with Gasteiger partial charge in [0.05, 0.1) is 0 Å². The summed E-state index contributed by atoms with van der Waals surface area (Å²) < 4.78 is 6.08. The summed E-state index contributed by atoms with van der Waals surface area (Å²) in [5.41, 5.74) is 2.62. The Balaban J connectivity index is 1.84. The van der Waals surface area contributed by atoms with Crippen LogP contribution in [0, 0.1) is 0 Å². The first-order valence-corrected chi connectivity index (χ1v) is 7.63. The predicted octanol–water partition coefficient (Wildman–Crippen LogP) is 4.07. The first-order chi connectivity index (χ1) is 9.12. The van der Waals surface area contributed by atoms with Crippen LogP contribution in [0.5, 0.6) is 5.75 Å². The Hall–Kier alpha value is -1.02. The van der Waals surface area contributed by atoms with Crippen molar-refractivity contribution in [2.24, 2.45) is 0 Å². The van der Waals surface area contributed by atoms with Gasteiger partial charge in [-0.15, -0.1) is 0 Å². The lowest BCUT2D eigenvalue weighted by molar-refractivity contribution is 0.137. The van der Waals surface area contributed by atoms with Gasteiger partial charge in [-0.3, -0.25) is 0 Å². The van der Waals surface area contributed by atoms with E-state index < -0.39 is 0 Å². The molecule has 2 heteroatoms. The summed E-state index contributed by atoms with van der Waals surface area (Å²) in [4.78, 5) is 0. The second kappa shape index (κ2) is 6.42. The average molecular weight is 261 g/mol. The SMILES string of the molecule is CCCCCCNCc1cccc2c1OC(C)(C)C2. The van der Waals surface area contributed by atoms with E-state index >= 15 is 0 Å². The minimum Gasteiger partial charge on any atom is -0.487 e. The summed E-state index contributed by atoms with van der Waals surface area (Å²) in [5, 5.41) is 3.54. The zero-order chi connectivity index (χ0) is 13.7. The minimum atomic E-state index is -0.0421. The van der Waals surface area contributed by atoms with Gasteiger partial charge < -0.3 is 10.1 Å². The number of unbranched alkanes of at least 4 members (excludes halogenated alkanes) is 3. The lowest BCUT2D eigenvalue weighted by Crippen LogP contribution is -2.25. The van der Waals surface area contributed by atoms with Gasteiger partial charge in [-0.1, -0.05) is 44.4 Å². The molecule has 0 unspecified atom stereocenters. The predicted molar refractivity (Wildman–Crippen MR) is 80.7 cm³/mol. The van der Waals surface area contributed by atoms with Gasteiger partial charge >= 0.3 is 0 Å². The van der Waals surface area contributed by atoms with Gasteiger partial charge in [0, 0.05) is 18.5 Å². The van der Waals surface area contributed by atoms with Crippen molar-refractivity contribution in [3.05, 3.63) is 29.3 Å². The normalized spacial score (nSPS) is 16.2. The Bertz CT molecular complexity index is 412. The third-order valence-electron chi connectivity index (χ3n) is 3.70. The zero-order valence-electron chi connectivity index (χ0n) is 12.6. The van der Waals surface area contributed by atoms with E-state index in [0.29, 0.717) is 0 Å². The van der Waals surface area contributed by atoms with Crippen LogP contribution in [-0.4, -0.2) is 12.1 Å². The van der Waals surface area contributed by atoms with E-state index in [4.69, 9.17) is 4.74 Å². The monoisotopic (exact) mass is 261 g/mol. The molecule has 19 heavy (non-hydrogen) atoms. The van der Waals surface area contributed by atoms with Gasteiger partial charge in [0.1, 0.15) is 11.4 Å². The minimum absolute atomic E-state index is 0.0421. The van der Waals surface area contributed by atoms with Gasteiger partial charge in [0.2, 0.25) is 0 Å². The third kappa shape index (κ3) is 3.97. The van der Waals surface area contributed by atoms with E-state index in [1.165, 1.54) is 36.8 Å². The molecule has 0 amide bonds. The van der Waals surface area contributed by atoms with Crippen LogP contribution in [0.1, 0.15) is 57.6 Å². The summed E-state index contributed by atoms with van der Waals surface area (Å²) in [7, 11) is 0. The van der Waals surface area contributed by atoms with Crippen molar-refractivity contribution < 1.29 is 4.74 Å². The second-order valence-electron chi connectivity index (χ2n) is 6.18. The quantitative estimate of drug-likeness (QED) is 0.747. The van der Waals surface area contributed by atoms with Crippen molar-refractivity contribution in [2.45, 2.75) is 65.0 Å². The number of benzene rings is 1. The smallest absolute Gasteiger partial charge is 0.127 e. The number of rotatable bonds is 7. The lowest BCUT2D eigenvalue weighted by Gasteiger charge is -2.18. The highest BCUT2D eigenvalue weighted by Gasteiger charge is 2.31. The van der Waals surface area contributed by atoms with Crippen molar-refractivity contribution >= 4 is 0 Å². The summed E-state index contributed by atoms with van der Waals surface area (Å²) in [6, 6.07) is 6.52. The highest BCUT2D eigenvalue weighted by molar-refractivity contribution is 5.45. The molecule has 0 aliphatic carbocycles. The molecule has 1 aromatic rings. The molecule has 2 rings (SSSR count). The van der Waals surface area contributed by atoms with Gasteiger partial charge in [0.25, 0.3) is 0 Å². The second-order valence-corrected chi connectivity index (χ2v) is 6.18. The highest BCUT2D eigenvalue weighted by atomic mass is 16.5. The van der Waals surface area contributed by atoms with E-state index in [0.717, 1.165) is 25.3 Å². The fourth-order valence-corrected chi connectivity index (χ4v) is 2.72. The number of nitrogens with one attached hydrogen (secondary N) is 1. The van der Waals surface area contributed by atoms with Crippen LogP contribution in [0.2, 0.25) is 0 Å². The summed E-state index contributed by atoms with van der Waals surface area (Å²) in [5.74, 6) is 1.12. The molecular formula is C17H27NO. The van der Waals surface area contributed by atoms with E-state index in [9.17, 15) is 0 Å². The standard InChI is InChI=1S/C17H27NO/c1-4-5-6-7-11-18-13-15-10-8-9-14-12-17(2,3)19-16(14)15/h8-10,18H,4-7,11-13H2,1-3H3. The number of ether oxygens (including phenoxy) is 1. The first kappa shape index (κ1) is 14.4. The number of fused-ring (bicyclic) bond motifs is 1. The Morgan fingerprint density at radius 3 is 2.84 bits per heavy atom. The van der Waals surface area contributed by atoms with E-state index in [1.54, 1.807) is 0 Å². The van der Waals surface area contributed by atoms with Crippen LogP contribution < -0.4 is 10.1 Å². The zero-order valence-corrected chi connectivity index (χ0v) is 12.6. The van der Waals surface area contributed by atoms with Crippen LogP contribution in [0.25, 0.3) is 0 Å². The maximum atomic E-state index is 6.08. The molecule has 0 fully saturated rings. The van der Waals surface area contributed by atoms with Crippen molar-refractivity contribution in [1.82, 2.24) is 5.32 Å². The Morgan fingerprint density at radius 2 is 2.05 bits per heavy atom. The molecular weight excluding hydrogens is 234 g/mol. The average Bonchev–Trinajstić information content (AvgIpc) is 2.68. The lowest BCUT2D eigenvalue weighted by atomic mass is 10.0. The first-order valence-electron chi connectivity index (χ1n) is 7.63. The molecule has 0 atom stereocenters. The van der Waals surface area contributed by atoms with Crippen LogP contribution in [0.4, 0.5) is 0 Å². The van der Waals surface area contributed by atoms with E-state index in [1.807, 2.05) is 0 Å². The largest absolute Gasteiger partial charge is 0.487 e. The maximum Gasteiger partial charge on any atom is 0.127 e. The van der Waals surface area contributed by atoms with Crippen molar-refractivity contribution in [3.8, 4) is 5.75 Å². The highest BCUT2D eigenvalue weighted by Crippen LogP contribution is 2.37. The molecule has 2 nitrogen and oxygen atoms in total. The number of hydrogen-bond acceptors (Lipinski definition) is 2. The molecule has 0 spiro atoms. The summed E-state index contributed by atoms with van der Waals surface area (Å²) in [6.45, 7) is 8.60. The molecule has 0 bridgehead atoms. The molecule has 0 saturated carbocycles. The molecule has 0 saturated heterocycles. The summed E-state index contributed by atoms with van der Waals surface area (Å²) in [6.07, 6.45) is 6.27. The van der Waals surface area contributed by atoms with E-state index in [2.05, 4.69) is 44.3 Å². The maximum absolute atomic E-state index is 6.08. The van der Waals surface area contributed by atoms with Crippen molar-refractivity contribution in [2.75, 3.05) is 6.54 Å². The van der Waals surface area contributed by atoms with Crippen LogP contribution >= 0.6 is 0 Å². The van der Waals surface area contributed by atoms with Crippen molar-refractivity contribution in [1.29, 1.82) is 0 Å². The third-order valence-corrected chi connectivity index (χ3v) is 3.70. The Kier molecular flexibility index (Phi) is 4.87. The van der Waals surface area contributed by atoms with Gasteiger partial charge in [-0.25, -0.2) is 0 Å². The molecule has 0 aromatic heterocycles. The van der Waals surface area contributed by atoms with Crippen LogP contribution in [-0.2, 0) is 13.0 Å². The van der Waals surface area contributed by atoms with Gasteiger partial charge in [-0.05, 0) is 32.4 Å². The number of para-hydroxylation sites is 1. The molecule has 106 valence electrons. The molecule has 1 aliphatic rings. The van der Waals surface area contributed by atoms with E-state index in [-0.39, 0.29) is 5.60 Å². The molecule has 0 radical (unpaired) electrons. The topological polar surface area (TPSA) is 21.3 Å². The Labute approximate surface area is 117 Å². The summed E-state index contributed by atoms with van der Waals surface area (Å²) >= 11 is 0. The molecule has 1 N–H and O–H groups in total. The fraction of sp³-hybridized carbons (Fsp3) is 0.647. The van der Waals surface area contributed by atoms with Crippen LogP contribution in [0.15, 0.2) is 18.2 Å². The van der Waals surface area contributed by atoms with Gasteiger partial charge in [-0.2, -0.15) is 0 Å².